The van der Waals surface area contributed by atoms with Crippen LogP contribution >= 0.6 is 0 Å². The predicted octanol–water partition coefficient (Wildman–Crippen LogP) is 3.49. The van der Waals surface area contributed by atoms with Crippen molar-refractivity contribution in [3.8, 4) is 11.5 Å². The summed E-state index contributed by atoms with van der Waals surface area (Å²) in [6, 6.07) is 6.09. The van der Waals surface area contributed by atoms with Crippen LogP contribution in [0.15, 0.2) is 31.0 Å². The van der Waals surface area contributed by atoms with E-state index in [2.05, 4.69) is 22.6 Å². The number of hydrogen-bond acceptors (Lipinski definition) is 5. The monoisotopic (exact) mass is 371 g/mol. The van der Waals surface area contributed by atoms with Crippen LogP contribution in [-0.2, 0) is 17.8 Å². The summed E-state index contributed by atoms with van der Waals surface area (Å²) in [5, 5.41) is 4.48. The minimum atomic E-state index is 0.292. The third-order valence-electron chi connectivity index (χ3n) is 4.94. The molecule has 0 saturated carbocycles. The third-order valence-corrected chi connectivity index (χ3v) is 4.94. The van der Waals surface area contributed by atoms with Crippen LogP contribution in [-0.4, -0.2) is 48.2 Å². The molecule has 0 spiro atoms. The van der Waals surface area contributed by atoms with Crippen molar-refractivity contribution in [3.05, 3.63) is 47.8 Å². The Morgan fingerprint density at radius 3 is 2.74 bits per heavy atom. The molecule has 0 aliphatic carbocycles. The maximum absolute atomic E-state index is 5.87. The molecule has 0 bridgehead atoms. The molecule has 0 N–H and O–H groups in total. The van der Waals surface area contributed by atoms with Crippen molar-refractivity contribution < 1.29 is 14.2 Å². The van der Waals surface area contributed by atoms with Crippen LogP contribution in [0.5, 0.6) is 11.5 Å². The van der Waals surface area contributed by atoms with Crippen molar-refractivity contribution >= 4 is 6.20 Å². The Morgan fingerprint density at radius 1 is 1.30 bits per heavy atom. The number of rotatable bonds is 9. The molecule has 0 amide bonds. The first-order valence-corrected chi connectivity index (χ1v) is 9.35. The first-order valence-electron chi connectivity index (χ1n) is 9.35. The van der Waals surface area contributed by atoms with Crippen molar-refractivity contribution in [2.45, 2.75) is 39.0 Å². The van der Waals surface area contributed by atoms with Crippen LogP contribution in [0.1, 0.15) is 29.7 Å². The first-order chi connectivity index (χ1) is 13.1. The number of aromatic nitrogens is 2. The van der Waals surface area contributed by atoms with Crippen molar-refractivity contribution in [3.63, 3.8) is 0 Å². The Hall–Kier alpha value is -2.31. The van der Waals surface area contributed by atoms with Gasteiger partial charge >= 0.3 is 0 Å². The van der Waals surface area contributed by atoms with E-state index < -0.39 is 0 Å². The quantitative estimate of drug-likeness (QED) is 0.675. The molecule has 1 fully saturated rings. The lowest BCUT2D eigenvalue weighted by atomic mass is 10.1. The lowest BCUT2D eigenvalue weighted by Crippen LogP contribution is -2.31. The molecule has 6 heteroatoms. The molecule has 146 valence electrons. The van der Waals surface area contributed by atoms with Crippen molar-refractivity contribution in [1.82, 2.24) is 14.7 Å². The molecule has 1 aromatic carbocycles. The van der Waals surface area contributed by atoms with Gasteiger partial charge in [-0.05, 0) is 37.5 Å². The van der Waals surface area contributed by atoms with Gasteiger partial charge in [-0.15, -0.1) is 0 Å². The fourth-order valence-corrected chi connectivity index (χ4v) is 3.51. The summed E-state index contributed by atoms with van der Waals surface area (Å²) < 4.78 is 18.4. The summed E-state index contributed by atoms with van der Waals surface area (Å²) in [5.41, 5.74) is 3.41. The standard InChI is InChI=1S/C21H29N3O3/c1-5-24-14-18(16(2)22-24)13-23(15-19-7-6-10-27-19)12-17-8-9-20(25-3)21(11-17)26-4/h5,8-9,11,14,19H,1,6-7,10,12-13,15H2,2-4H3. The largest absolute Gasteiger partial charge is 0.493 e. The van der Waals surface area contributed by atoms with Gasteiger partial charge in [-0.1, -0.05) is 12.6 Å². The van der Waals surface area contributed by atoms with Gasteiger partial charge in [0.25, 0.3) is 0 Å². The Bertz CT molecular complexity index is 766. The van der Waals surface area contributed by atoms with Gasteiger partial charge in [0.2, 0.25) is 0 Å². The lowest BCUT2D eigenvalue weighted by Gasteiger charge is -2.25. The summed E-state index contributed by atoms with van der Waals surface area (Å²) in [7, 11) is 3.32. The van der Waals surface area contributed by atoms with E-state index in [1.807, 2.05) is 25.3 Å². The predicted molar refractivity (Wildman–Crippen MR) is 106 cm³/mol. The fourth-order valence-electron chi connectivity index (χ4n) is 3.51. The normalized spacial score (nSPS) is 16.7. The van der Waals surface area contributed by atoms with Gasteiger partial charge in [0.15, 0.2) is 11.5 Å². The second-order valence-electron chi connectivity index (χ2n) is 6.90. The lowest BCUT2D eigenvalue weighted by molar-refractivity contribution is 0.0678. The molecule has 2 aromatic rings. The molecule has 0 radical (unpaired) electrons. The molecule has 1 aliphatic heterocycles. The topological polar surface area (TPSA) is 48.8 Å². The molecule has 2 heterocycles. The van der Waals surface area contributed by atoms with E-state index in [9.17, 15) is 0 Å². The zero-order valence-electron chi connectivity index (χ0n) is 16.5. The van der Waals surface area contributed by atoms with E-state index >= 15 is 0 Å². The van der Waals surface area contributed by atoms with E-state index in [0.29, 0.717) is 6.10 Å². The van der Waals surface area contributed by atoms with Gasteiger partial charge in [0.1, 0.15) is 0 Å². The Labute approximate surface area is 161 Å². The minimum absolute atomic E-state index is 0.292. The number of hydrogen-bond donors (Lipinski definition) is 0. The molecule has 1 saturated heterocycles. The molecule has 3 rings (SSSR count). The van der Waals surface area contributed by atoms with Gasteiger partial charge in [0.05, 0.1) is 26.0 Å². The average Bonchev–Trinajstić information content (AvgIpc) is 3.31. The smallest absolute Gasteiger partial charge is 0.161 e. The second kappa shape index (κ2) is 9.06. The van der Waals surface area contributed by atoms with Crippen molar-refractivity contribution in [1.29, 1.82) is 0 Å². The SMILES string of the molecule is C=Cn1cc(CN(Cc2ccc(OC)c(OC)c2)CC2CCCO2)c(C)n1. The Balaban J connectivity index is 1.78. The molecule has 1 aromatic heterocycles. The van der Waals surface area contributed by atoms with Crippen LogP contribution < -0.4 is 9.47 Å². The highest BCUT2D eigenvalue weighted by atomic mass is 16.5. The maximum Gasteiger partial charge on any atom is 0.161 e. The zero-order chi connectivity index (χ0) is 19.2. The number of aryl methyl sites for hydroxylation is 1. The van der Waals surface area contributed by atoms with E-state index in [0.717, 1.165) is 56.3 Å². The number of ether oxygens (including phenoxy) is 3. The van der Waals surface area contributed by atoms with Crippen LogP contribution in [0.4, 0.5) is 0 Å². The number of benzene rings is 1. The van der Waals surface area contributed by atoms with Gasteiger partial charge in [-0.2, -0.15) is 5.10 Å². The minimum Gasteiger partial charge on any atom is -0.493 e. The highest BCUT2D eigenvalue weighted by molar-refractivity contribution is 5.42. The zero-order valence-corrected chi connectivity index (χ0v) is 16.5. The molecular formula is C21H29N3O3. The fraction of sp³-hybridized carbons (Fsp3) is 0.476. The van der Waals surface area contributed by atoms with Crippen LogP contribution in [0, 0.1) is 6.92 Å². The highest BCUT2D eigenvalue weighted by Gasteiger charge is 2.21. The Morgan fingerprint density at radius 2 is 2.11 bits per heavy atom. The summed E-state index contributed by atoms with van der Waals surface area (Å²) >= 11 is 0. The molecule has 1 unspecified atom stereocenters. The molecular weight excluding hydrogens is 342 g/mol. The van der Waals surface area contributed by atoms with Gasteiger partial charge in [-0.25, -0.2) is 4.68 Å². The molecule has 27 heavy (non-hydrogen) atoms. The molecule has 6 nitrogen and oxygen atoms in total. The van der Waals surface area contributed by atoms with Crippen molar-refractivity contribution in [2.75, 3.05) is 27.4 Å². The molecule has 1 atom stereocenters. The van der Waals surface area contributed by atoms with Gasteiger partial charge in [-0.3, -0.25) is 4.90 Å². The first kappa shape index (κ1) is 19.5. The number of methoxy groups -OCH3 is 2. The summed E-state index contributed by atoms with van der Waals surface area (Å²) in [5.74, 6) is 1.50. The second-order valence-corrected chi connectivity index (χ2v) is 6.90. The van der Waals surface area contributed by atoms with E-state index in [1.165, 1.54) is 11.1 Å². The van der Waals surface area contributed by atoms with Gasteiger partial charge in [0, 0.05) is 44.2 Å². The van der Waals surface area contributed by atoms with E-state index in [-0.39, 0.29) is 0 Å². The van der Waals surface area contributed by atoms with E-state index in [1.54, 1.807) is 25.1 Å². The molecule has 1 aliphatic rings. The third kappa shape index (κ3) is 4.90. The Kier molecular flexibility index (Phi) is 6.53. The summed E-state index contributed by atoms with van der Waals surface area (Å²) in [6.07, 6.45) is 6.31. The van der Waals surface area contributed by atoms with Crippen LogP contribution in [0.25, 0.3) is 6.20 Å². The number of nitrogens with zero attached hydrogens (tertiary/aromatic N) is 3. The summed E-state index contributed by atoms with van der Waals surface area (Å²) in [6.45, 7) is 9.21. The van der Waals surface area contributed by atoms with Crippen LogP contribution in [0.3, 0.4) is 0 Å². The van der Waals surface area contributed by atoms with Crippen LogP contribution in [0.2, 0.25) is 0 Å². The maximum atomic E-state index is 5.87. The van der Waals surface area contributed by atoms with Crippen molar-refractivity contribution in [2.24, 2.45) is 0 Å². The average molecular weight is 371 g/mol. The highest BCUT2D eigenvalue weighted by Crippen LogP contribution is 2.28. The summed E-state index contributed by atoms with van der Waals surface area (Å²) in [4.78, 5) is 2.41. The van der Waals surface area contributed by atoms with Gasteiger partial charge < -0.3 is 14.2 Å². The van der Waals surface area contributed by atoms with E-state index in [4.69, 9.17) is 14.2 Å².